The molecule has 0 unspecified atom stereocenters. The summed E-state index contributed by atoms with van der Waals surface area (Å²) in [6, 6.07) is 12.5. The van der Waals surface area contributed by atoms with Crippen LogP contribution in [-0.4, -0.2) is 35.6 Å². The maximum absolute atomic E-state index is 12.4. The number of pyridine rings is 1. The molecule has 1 aromatic heterocycles. The van der Waals surface area contributed by atoms with Crippen LogP contribution < -0.4 is 16.4 Å². The molecular formula is C19H22N4O3. The molecule has 1 saturated heterocycles. The van der Waals surface area contributed by atoms with E-state index in [1.807, 2.05) is 18.2 Å². The Balaban J connectivity index is 1.59. The standard InChI is InChI=1S/C19H22N4O3/c20-19(7-10-26-11-8-19)18(25)22-13-14-4-3-5-15(12-14)23-17(24)16-6-1-2-9-21-16/h1-6,9,12H,7-8,10-11,13,20H2,(H,22,25)(H,23,24). The van der Waals surface area contributed by atoms with Crippen LogP contribution in [0.25, 0.3) is 0 Å². The third kappa shape index (κ3) is 4.44. The molecule has 0 atom stereocenters. The van der Waals surface area contributed by atoms with Crippen LogP contribution in [0.2, 0.25) is 0 Å². The number of amides is 2. The average molecular weight is 354 g/mol. The lowest BCUT2D eigenvalue weighted by atomic mass is 9.90. The zero-order valence-electron chi connectivity index (χ0n) is 14.4. The number of hydrogen-bond acceptors (Lipinski definition) is 5. The first-order chi connectivity index (χ1) is 12.6. The molecule has 7 nitrogen and oxygen atoms in total. The summed E-state index contributed by atoms with van der Waals surface area (Å²) in [5, 5.41) is 5.68. The van der Waals surface area contributed by atoms with Crippen LogP contribution >= 0.6 is 0 Å². The van der Waals surface area contributed by atoms with Crippen molar-refractivity contribution >= 4 is 17.5 Å². The van der Waals surface area contributed by atoms with Crippen molar-refractivity contribution in [3.63, 3.8) is 0 Å². The number of nitrogens with one attached hydrogen (secondary N) is 2. The Morgan fingerprint density at radius 2 is 1.96 bits per heavy atom. The largest absolute Gasteiger partial charge is 0.381 e. The van der Waals surface area contributed by atoms with E-state index in [4.69, 9.17) is 10.5 Å². The summed E-state index contributed by atoms with van der Waals surface area (Å²) >= 11 is 0. The molecule has 2 aromatic rings. The van der Waals surface area contributed by atoms with Gasteiger partial charge in [-0.15, -0.1) is 0 Å². The monoisotopic (exact) mass is 354 g/mol. The van der Waals surface area contributed by atoms with Crippen molar-refractivity contribution in [3.8, 4) is 0 Å². The van der Waals surface area contributed by atoms with Crippen LogP contribution in [0.1, 0.15) is 28.9 Å². The molecule has 0 bridgehead atoms. The van der Waals surface area contributed by atoms with Gasteiger partial charge in [0.1, 0.15) is 5.69 Å². The number of benzene rings is 1. The number of ether oxygens (including phenoxy) is 1. The molecular weight excluding hydrogens is 332 g/mol. The first-order valence-corrected chi connectivity index (χ1v) is 8.53. The highest BCUT2D eigenvalue weighted by Crippen LogP contribution is 2.18. The van der Waals surface area contributed by atoms with Gasteiger partial charge in [-0.05, 0) is 42.7 Å². The number of carbonyl (C=O) groups excluding carboxylic acids is 2. The lowest BCUT2D eigenvalue weighted by molar-refractivity contribution is -0.129. The van der Waals surface area contributed by atoms with Gasteiger partial charge >= 0.3 is 0 Å². The Morgan fingerprint density at radius 3 is 2.69 bits per heavy atom. The van der Waals surface area contributed by atoms with Gasteiger partial charge in [0.25, 0.3) is 5.91 Å². The van der Waals surface area contributed by atoms with E-state index in [-0.39, 0.29) is 11.8 Å². The Labute approximate surface area is 151 Å². The summed E-state index contributed by atoms with van der Waals surface area (Å²) in [6.45, 7) is 1.34. The van der Waals surface area contributed by atoms with Gasteiger partial charge < -0.3 is 21.1 Å². The molecule has 4 N–H and O–H groups in total. The van der Waals surface area contributed by atoms with Gasteiger partial charge in [0.2, 0.25) is 5.91 Å². The predicted molar refractivity (Wildman–Crippen MR) is 97.5 cm³/mol. The lowest BCUT2D eigenvalue weighted by Crippen LogP contribution is -2.56. The molecule has 136 valence electrons. The van der Waals surface area contributed by atoms with Crippen LogP contribution in [-0.2, 0) is 16.1 Å². The van der Waals surface area contributed by atoms with Crippen molar-refractivity contribution in [1.82, 2.24) is 10.3 Å². The summed E-state index contributed by atoms with van der Waals surface area (Å²) in [6.07, 6.45) is 2.60. The third-order valence-electron chi connectivity index (χ3n) is 4.37. The van der Waals surface area contributed by atoms with Gasteiger partial charge in [-0.3, -0.25) is 14.6 Å². The van der Waals surface area contributed by atoms with E-state index in [2.05, 4.69) is 15.6 Å². The second kappa shape index (κ2) is 8.07. The number of carbonyl (C=O) groups is 2. The Bertz CT molecular complexity index is 773. The van der Waals surface area contributed by atoms with E-state index in [0.29, 0.717) is 44.0 Å². The first kappa shape index (κ1) is 18.0. The topological polar surface area (TPSA) is 106 Å². The second-order valence-electron chi connectivity index (χ2n) is 6.32. The summed E-state index contributed by atoms with van der Waals surface area (Å²) in [5.41, 5.74) is 7.15. The molecule has 0 radical (unpaired) electrons. The average Bonchev–Trinajstić information content (AvgIpc) is 2.67. The quantitative estimate of drug-likeness (QED) is 0.754. The van der Waals surface area contributed by atoms with Crippen LogP contribution in [0.4, 0.5) is 5.69 Å². The maximum atomic E-state index is 12.4. The van der Waals surface area contributed by atoms with E-state index >= 15 is 0 Å². The molecule has 1 aromatic carbocycles. The van der Waals surface area contributed by atoms with Gasteiger partial charge in [0.05, 0.1) is 5.54 Å². The summed E-state index contributed by atoms with van der Waals surface area (Å²) in [5.74, 6) is -0.460. The van der Waals surface area contributed by atoms with Crippen molar-refractivity contribution in [3.05, 3.63) is 59.9 Å². The van der Waals surface area contributed by atoms with E-state index in [0.717, 1.165) is 5.56 Å². The van der Waals surface area contributed by atoms with E-state index in [1.54, 1.807) is 30.5 Å². The lowest BCUT2D eigenvalue weighted by Gasteiger charge is -2.31. The molecule has 2 heterocycles. The molecule has 1 fully saturated rings. The van der Waals surface area contributed by atoms with Gasteiger partial charge in [0, 0.05) is 31.6 Å². The van der Waals surface area contributed by atoms with E-state index in [1.165, 1.54) is 0 Å². The van der Waals surface area contributed by atoms with Crippen molar-refractivity contribution in [1.29, 1.82) is 0 Å². The fourth-order valence-electron chi connectivity index (χ4n) is 2.77. The van der Waals surface area contributed by atoms with E-state index in [9.17, 15) is 9.59 Å². The number of nitrogens with two attached hydrogens (primary N) is 1. The van der Waals surface area contributed by atoms with Crippen LogP contribution in [0.3, 0.4) is 0 Å². The summed E-state index contributed by atoms with van der Waals surface area (Å²) < 4.78 is 5.26. The highest BCUT2D eigenvalue weighted by atomic mass is 16.5. The second-order valence-corrected chi connectivity index (χ2v) is 6.32. The van der Waals surface area contributed by atoms with Gasteiger partial charge in [-0.25, -0.2) is 0 Å². The minimum atomic E-state index is -0.872. The van der Waals surface area contributed by atoms with Gasteiger partial charge in [-0.1, -0.05) is 18.2 Å². The molecule has 7 heteroatoms. The first-order valence-electron chi connectivity index (χ1n) is 8.53. The Morgan fingerprint density at radius 1 is 1.15 bits per heavy atom. The van der Waals surface area contributed by atoms with Crippen molar-refractivity contribution < 1.29 is 14.3 Å². The Kier molecular flexibility index (Phi) is 5.60. The van der Waals surface area contributed by atoms with Crippen molar-refractivity contribution in [2.24, 2.45) is 5.73 Å². The van der Waals surface area contributed by atoms with Gasteiger partial charge in [-0.2, -0.15) is 0 Å². The molecule has 26 heavy (non-hydrogen) atoms. The Hall–Kier alpha value is -2.77. The maximum Gasteiger partial charge on any atom is 0.274 e. The third-order valence-corrected chi connectivity index (χ3v) is 4.37. The molecule has 0 spiro atoms. The fourth-order valence-corrected chi connectivity index (χ4v) is 2.77. The predicted octanol–water partition coefficient (Wildman–Crippen LogP) is 1.46. The highest BCUT2D eigenvalue weighted by molar-refractivity contribution is 6.02. The summed E-state index contributed by atoms with van der Waals surface area (Å²) in [4.78, 5) is 28.6. The SMILES string of the molecule is NC1(C(=O)NCc2cccc(NC(=O)c3ccccn3)c2)CCOCC1. The number of aromatic nitrogens is 1. The molecule has 0 aliphatic carbocycles. The molecule has 3 rings (SSSR count). The summed E-state index contributed by atoms with van der Waals surface area (Å²) in [7, 11) is 0. The van der Waals surface area contributed by atoms with Crippen molar-refractivity contribution in [2.75, 3.05) is 18.5 Å². The molecule has 2 amide bonds. The molecule has 1 aliphatic rings. The normalized spacial score (nSPS) is 15.9. The zero-order valence-corrected chi connectivity index (χ0v) is 14.4. The van der Waals surface area contributed by atoms with Crippen LogP contribution in [0.5, 0.6) is 0 Å². The molecule has 1 aliphatic heterocycles. The van der Waals surface area contributed by atoms with Crippen LogP contribution in [0, 0.1) is 0 Å². The highest BCUT2D eigenvalue weighted by Gasteiger charge is 2.35. The fraction of sp³-hybridized carbons (Fsp3) is 0.316. The number of anilines is 1. The van der Waals surface area contributed by atoms with Crippen molar-refractivity contribution in [2.45, 2.75) is 24.9 Å². The number of hydrogen-bond donors (Lipinski definition) is 3. The van der Waals surface area contributed by atoms with Gasteiger partial charge in [0.15, 0.2) is 0 Å². The minimum Gasteiger partial charge on any atom is -0.381 e. The van der Waals surface area contributed by atoms with E-state index < -0.39 is 5.54 Å². The number of nitrogens with zero attached hydrogens (tertiary/aromatic N) is 1. The number of rotatable bonds is 5. The molecule has 0 saturated carbocycles. The van der Waals surface area contributed by atoms with Crippen LogP contribution in [0.15, 0.2) is 48.7 Å². The smallest absolute Gasteiger partial charge is 0.274 e. The zero-order chi connectivity index (χ0) is 18.4. The minimum absolute atomic E-state index is 0.177.